The van der Waals surface area contributed by atoms with Crippen molar-refractivity contribution in [2.24, 2.45) is 0 Å². The van der Waals surface area contributed by atoms with Gasteiger partial charge in [0, 0.05) is 31.6 Å². The molecule has 202 valence electrons. The molecule has 0 saturated carbocycles. The number of fused-ring (bicyclic) bond motifs is 2. The Hall–Kier alpha value is -4.49. The summed E-state index contributed by atoms with van der Waals surface area (Å²) in [6.45, 7) is 9.77. The lowest BCUT2D eigenvalue weighted by Crippen LogP contribution is -2.29. The molecule has 1 fully saturated rings. The lowest BCUT2D eigenvalue weighted by atomic mass is 10.00. The monoisotopic (exact) mass is 529 g/mol. The molecule has 0 bridgehead atoms. The lowest BCUT2D eigenvalue weighted by molar-refractivity contribution is 0.578. The van der Waals surface area contributed by atoms with Crippen LogP contribution in [0.4, 0.5) is 5.69 Å². The molecule has 0 unspecified atom stereocenters. The fourth-order valence-corrected chi connectivity index (χ4v) is 5.43. The van der Waals surface area contributed by atoms with Gasteiger partial charge in [-0.3, -0.25) is 10.1 Å². The minimum atomic E-state index is 0.737. The van der Waals surface area contributed by atoms with Crippen molar-refractivity contribution in [1.29, 1.82) is 0 Å². The van der Waals surface area contributed by atoms with E-state index in [9.17, 15) is 0 Å². The number of hydrogen-bond acceptors (Lipinski definition) is 5. The van der Waals surface area contributed by atoms with Gasteiger partial charge in [-0.25, -0.2) is 4.98 Å². The molecule has 4 heterocycles. The molecule has 0 aliphatic carbocycles. The molecule has 0 amide bonds. The van der Waals surface area contributed by atoms with E-state index >= 15 is 0 Å². The number of pyridine rings is 1. The molecule has 0 atom stereocenters. The summed E-state index contributed by atoms with van der Waals surface area (Å²) in [5.41, 5.74) is 9.41. The minimum Gasteiger partial charge on any atom is -0.368 e. The number of anilines is 1. The second-order valence-corrected chi connectivity index (χ2v) is 10.3. The first-order valence-electron chi connectivity index (χ1n) is 14.0. The highest BCUT2D eigenvalue weighted by Crippen LogP contribution is 2.32. The SMILES string of the molecule is C=C/C(=C\C(=C/C)c1ccc2[nH]nc(-c3nc4c(N5CCCCC5)cncc4[nH]3)c2c1)CNCc1ccccc1. The van der Waals surface area contributed by atoms with Crippen molar-refractivity contribution in [3.63, 3.8) is 0 Å². The van der Waals surface area contributed by atoms with Gasteiger partial charge in [-0.05, 0) is 60.6 Å². The number of rotatable bonds is 9. The van der Waals surface area contributed by atoms with Crippen LogP contribution in [0.1, 0.15) is 37.3 Å². The molecule has 1 aliphatic rings. The zero-order valence-electron chi connectivity index (χ0n) is 23.0. The van der Waals surface area contributed by atoms with E-state index in [0.717, 1.165) is 82.0 Å². The maximum atomic E-state index is 5.03. The van der Waals surface area contributed by atoms with Gasteiger partial charge in [-0.1, -0.05) is 61.2 Å². The smallest absolute Gasteiger partial charge is 0.159 e. The summed E-state index contributed by atoms with van der Waals surface area (Å²) >= 11 is 0. The molecular weight excluding hydrogens is 494 g/mol. The van der Waals surface area contributed by atoms with Crippen LogP contribution < -0.4 is 10.2 Å². The first-order chi connectivity index (χ1) is 19.7. The molecule has 6 rings (SSSR count). The van der Waals surface area contributed by atoms with Gasteiger partial charge in [0.05, 0.1) is 29.1 Å². The van der Waals surface area contributed by atoms with Crippen LogP contribution in [0.3, 0.4) is 0 Å². The third-order valence-corrected chi connectivity index (χ3v) is 7.61. The Balaban J connectivity index is 1.28. The second-order valence-electron chi connectivity index (χ2n) is 10.3. The van der Waals surface area contributed by atoms with Crippen LogP contribution in [0.2, 0.25) is 0 Å². The largest absolute Gasteiger partial charge is 0.368 e. The lowest BCUT2D eigenvalue weighted by Gasteiger charge is -2.28. The van der Waals surface area contributed by atoms with Gasteiger partial charge in [0.15, 0.2) is 5.82 Å². The number of hydrogen-bond donors (Lipinski definition) is 3. The first-order valence-corrected chi connectivity index (χ1v) is 14.0. The van der Waals surface area contributed by atoms with E-state index in [2.05, 4.69) is 98.5 Å². The third-order valence-electron chi connectivity index (χ3n) is 7.61. The maximum absolute atomic E-state index is 5.03. The van der Waals surface area contributed by atoms with Crippen molar-refractivity contribution in [3.05, 3.63) is 102 Å². The Kier molecular flexibility index (Phi) is 7.55. The topological polar surface area (TPSA) is 85.5 Å². The van der Waals surface area contributed by atoms with Crippen molar-refractivity contribution in [3.8, 4) is 11.5 Å². The van der Waals surface area contributed by atoms with Crippen LogP contribution in [-0.4, -0.2) is 44.8 Å². The highest BCUT2D eigenvalue weighted by Gasteiger charge is 2.19. The van der Waals surface area contributed by atoms with Crippen molar-refractivity contribution in [1.82, 2.24) is 30.5 Å². The number of nitrogens with zero attached hydrogens (tertiary/aromatic N) is 4. The Morgan fingerprint density at radius 1 is 1.05 bits per heavy atom. The Morgan fingerprint density at radius 2 is 1.90 bits per heavy atom. The number of aromatic nitrogens is 5. The summed E-state index contributed by atoms with van der Waals surface area (Å²) in [6, 6.07) is 16.8. The van der Waals surface area contributed by atoms with Gasteiger partial charge in [-0.2, -0.15) is 5.10 Å². The van der Waals surface area contributed by atoms with Crippen LogP contribution in [0.25, 0.3) is 39.0 Å². The summed E-state index contributed by atoms with van der Waals surface area (Å²) < 4.78 is 0. The molecule has 0 spiro atoms. The van der Waals surface area contributed by atoms with Crippen LogP contribution in [0, 0.1) is 0 Å². The number of benzene rings is 2. The highest BCUT2D eigenvalue weighted by atomic mass is 15.2. The second kappa shape index (κ2) is 11.7. The van der Waals surface area contributed by atoms with Crippen molar-refractivity contribution in [2.45, 2.75) is 32.7 Å². The first kappa shape index (κ1) is 25.8. The molecule has 1 saturated heterocycles. The molecule has 3 N–H and O–H groups in total. The highest BCUT2D eigenvalue weighted by molar-refractivity contribution is 5.97. The molecule has 5 aromatic rings. The van der Waals surface area contributed by atoms with E-state index in [0.29, 0.717) is 0 Å². The minimum absolute atomic E-state index is 0.737. The molecule has 3 aromatic heterocycles. The standard InChI is InChI=1S/C33H35N7/c1-3-23(19-34-20-24-11-7-5-8-12-24)17-25(4-2)26-13-14-28-27(18-26)31(39-38-28)33-36-29-21-35-22-30(32(29)37-33)40-15-9-6-10-16-40/h3-5,7-8,11-14,17-18,21-22,34H,1,6,9-10,15-16,19-20H2,2H3,(H,36,37)(H,38,39)/b23-17+,25-4+. The summed E-state index contributed by atoms with van der Waals surface area (Å²) in [4.78, 5) is 15.4. The predicted octanol–water partition coefficient (Wildman–Crippen LogP) is 6.80. The van der Waals surface area contributed by atoms with E-state index in [1.165, 1.54) is 24.8 Å². The Labute approximate surface area is 234 Å². The van der Waals surface area contributed by atoms with Gasteiger partial charge >= 0.3 is 0 Å². The number of imidazole rings is 1. The number of allylic oxidation sites excluding steroid dienone is 3. The normalized spacial score (nSPS) is 14.8. The summed E-state index contributed by atoms with van der Waals surface area (Å²) in [5, 5.41) is 12.4. The molecule has 7 nitrogen and oxygen atoms in total. The number of piperidine rings is 1. The van der Waals surface area contributed by atoms with E-state index in [-0.39, 0.29) is 0 Å². The molecule has 1 aliphatic heterocycles. The summed E-state index contributed by atoms with van der Waals surface area (Å²) in [5.74, 6) is 0.749. The van der Waals surface area contributed by atoms with E-state index in [4.69, 9.17) is 4.98 Å². The van der Waals surface area contributed by atoms with Crippen molar-refractivity contribution >= 4 is 33.2 Å². The van der Waals surface area contributed by atoms with Gasteiger partial charge in [0.2, 0.25) is 0 Å². The van der Waals surface area contributed by atoms with E-state index in [1.807, 2.05) is 24.5 Å². The van der Waals surface area contributed by atoms with Gasteiger partial charge in [0.25, 0.3) is 0 Å². The maximum Gasteiger partial charge on any atom is 0.159 e. The zero-order valence-corrected chi connectivity index (χ0v) is 23.0. The average molecular weight is 530 g/mol. The molecule has 7 heteroatoms. The predicted molar refractivity (Wildman–Crippen MR) is 165 cm³/mol. The fourth-order valence-electron chi connectivity index (χ4n) is 5.43. The summed E-state index contributed by atoms with van der Waals surface area (Å²) in [7, 11) is 0. The molecule has 2 aromatic carbocycles. The molecular formula is C33H35N7. The van der Waals surface area contributed by atoms with Crippen LogP contribution in [0.15, 0.2) is 91.3 Å². The fraction of sp³-hybridized carbons (Fsp3) is 0.242. The van der Waals surface area contributed by atoms with E-state index < -0.39 is 0 Å². The zero-order chi connectivity index (χ0) is 27.3. The number of H-pyrrole nitrogens is 2. The third kappa shape index (κ3) is 5.33. The molecule has 0 radical (unpaired) electrons. The van der Waals surface area contributed by atoms with Crippen LogP contribution in [-0.2, 0) is 6.54 Å². The van der Waals surface area contributed by atoms with Gasteiger partial charge in [0.1, 0.15) is 11.2 Å². The van der Waals surface area contributed by atoms with Gasteiger partial charge < -0.3 is 15.2 Å². The Morgan fingerprint density at radius 3 is 2.70 bits per heavy atom. The summed E-state index contributed by atoms with van der Waals surface area (Å²) in [6.07, 6.45) is 13.8. The van der Waals surface area contributed by atoms with Crippen LogP contribution >= 0.6 is 0 Å². The van der Waals surface area contributed by atoms with Crippen molar-refractivity contribution in [2.75, 3.05) is 24.5 Å². The van der Waals surface area contributed by atoms with E-state index in [1.54, 1.807) is 0 Å². The van der Waals surface area contributed by atoms with Gasteiger partial charge in [-0.15, -0.1) is 0 Å². The van der Waals surface area contributed by atoms with Crippen molar-refractivity contribution < 1.29 is 0 Å². The number of nitrogens with one attached hydrogen (secondary N) is 3. The molecule has 40 heavy (non-hydrogen) atoms. The quantitative estimate of drug-likeness (QED) is 0.183. The van der Waals surface area contributed by atoms with Crippen LogP contribution in [0.5, 0.6) is 0 Å². The Bertz CT molecular complexity index is 1680. The average Bonchev–Trinajstić information content (AvgIpc) is 3.63. The number of aromatic amines is 2.